The van der Waals surface area contributed by atoms with Crippen LogP contribution in [0, 0.1) is 12.7 Å². The van der Waals surface area contributed by atoms with Gasteiger partial charge >= 0.3 is 5.97 Å². The molecule has 4 nitrogen and oxygen atoms in total. The molecular weight excluding hydrogens is 255 g/mol. The van der Waals surface area contributed by atoms with Gasteiger partial charge in [0.25, 0.3) is 0 Å². The van der Waals surface area contributed by atoms with E-state index in [-0.39, 0.29) is 10.5 Å². The van der Waals surface area contributed by atoms with Gasteiger partial charge in [0.1, 0.15) is 11.4 Å². The van der Waals surface area contributed by atoms with E-state index in [0.717, 1.165) is 23.4 Å². The zero-order chi connectivity index (χ0) is 13.1. The van der Waals surface area contributed by atoms with Crippen LogP contribution in [-0.2, 0) is 0 Å². The number of nitrogens with zero attached hydrogens (tertiary/aromatic N) is 2. The molecule has 0 aliphatic carbocycles. The number of aromatic carboxylic acids is 1. The summed E-state index contributed by atoms with van der Waals surface area (Å²) in [7, 11) is 0. The van der Waals surface area contributed by atoms with Gasteiger partial charge in [-0.1, -0.05) is 6.07 Å². The summed E-state index contributed by atoms with van der Waals surface area (Å²) >= 11 is 1.02. The third kappa shape index (κ3) is 2.65. The molecule has 0 saturated carbocycles. The molecule has 0 unspecified atom stereocenters. The highest BCUT2D eigenvalue weighted by Crippen LogP contribution is 2.29. The minimum absolute atomic E-state index is 0.284. The highest BCUT2D eigenvalue weighted by molar-refractivity contribution is 7.99. The first-order valence-corrected chi connectivity index (χ1v) is 5.88. The van der Waals surface area contributed by atoms with Crippen LogP contribution in [0.2, 0.25) is 0 Å². The third-order valence-electron chi connectivity index (χ3n) is 2.15. The zero-order valence-corrected chi connectivity index (χ0v) is 10.2. The second-order valence-electron chi connectivity index (χ2n) is 3.56. The zero-order valence-electron chi connectivity index (χ0n) is 9.42. The molecule has 92 valence electrons. The Morgan fingerprint density at radius 1 is 1.33 bits per heavy atom. The highest BCUT2D eigenvalue weighted by Gasteiger charge is 2.17. The molecule has 18 heavy (non-hydrogen) atoms. The van der Waals surface area contributed by atoms with Crippen LogP contribution in [0.15, 0.2) is 40.6 Å². The number of aryl methyl sites for hydroxylation is 1. The topological polar surface area (TPSA) is 63.1 Å². The van der Waals surface area contributed by atoms with Gasteiger partial charge in [0.15, 0.2) is 5.16 Å². The van der Waals surface area contributed by atoms with Crippen LogP contribution in [0.25, 0.3) is 0 Å². The molecule has 2 aromatic rings. The Labute approximate surface area is 107 Å². The van der Waals surface area contributed by atoms with Crippen LogP contribution in [0.4, 0.5) is 4.39 Å². The van der Waals surface area contributed by atoms with Crippen molar-refractivity contribution in [2.45, 2.75) is 17.0 Å². The number of benzene rings is 1. The fourth-order valence-corrected chi connectivity index (χ4v) is 2.17. The minimum atomic E-state index is -1.30. The molecule has 0 atom stereocenters. The van der Waals surface area contributed by atoms with E-state index in [1.54, 1.807) is 12.4 Å². The van der Waals surface area contributed by atoms with E-state index in [1.165, 1.54) is 12.1 Å². The molecule has 0 radical (unpaired) electrons. The molecular formula is C12H9FN2O2S. The van der Waals surface area contributed by atoms with Crippen LogP contribution in [-0.4, -0.2) is 21.0 Å². The van der Waals surface area contributed by atoms with Crippen LogP contribution in [0.3, 0.4) is 0 Å². The summed E-state index contributed by atoms with van der Waals surface area (Å²) in [6.45, 7) is 1.85. The van der Waals surface area contributed by atoms with Gasteiger partial charge < -0.3 is 5.11 Å². The van der Waals surface area contributed by atoms with Crippen molar-refractivity contribution in [3.05, 3.63) is 47.5 Å². The molecule has 6 heteroatoms. The first-order valence-electron chi connectivity index (χ1n) is 5.06. The number of hydrogen-bond acceptors (Lipinski definition) is 4. The van der Waals surface area contributed by atoms with Gasteiger partial charge in [-0.2, -0.15) is 0 Å². The van der Waals surface area contributed by atoms with Gasteiger partial charge in [0.2, 0.25) is 0 Å². The number of carbonyl (C=O) groups is 1. The van der Waals surface area contributed by atoms with Gasteiger partial charge in [-0.3, -0.25) is 0 Å². The normalized spacial score (nSPS) is 10.3. The van der Waals surface area contributed by atoms with E-state index >= 15 is 0 Å². The Morgan fingerprint density at radius 2 is 2.00 bits per heavy atom. The molecule has 1 aromatic carbocycles. The molecule has 1 heterocycles. The molecule has 0 aliphatic heterocycles. The monoisotopic (exact) mass is 264 g/mol. The lowest BCUT2D eigenvalue weighted by molar-refractivity contribution is 0.0688. The molecule has 0 saturated heterocycles. The summed E-state index contributed by atoms with van der Waals surface area (Å²) in [6.07, 6.45) is 3.24. The van der Waals surface area contributed by atoms with E-state index in [0.29, 0.717) is 5.16 Å². The fraction of sp³-hybridized carbons (Fsp3) is 0.0833. The maximum atomic E-state index is 13.4. The molecule has 0 spiro atoms. The van der Waals surface area contributed by atoms with Crippen molar-refractivity contribution in [1.29, 1.82) is 0 Å². The predicted molar refractivity (Wildman–Crippen MR) is 64.3 cm³/mol. The highest BCUT2D eigenvalue weighted by atomic mass is 32.2. The summed E-state index contributed by atoms with van der Waals surface area (Å²) in [6, 6.07) is 4.10. The lowest BCUT2D eigenvalue weighted by atomic mass is 10.2. The minimum Gasteiger partial charge on any atom is -0.478 e. The second-order valence-corrected chi connectivity index (χ2v) is 4.57. The Hall–Kier alpha value is -1.95. The second kappa shape index (κ2) is 5.14. The first-order chi connectivity index (χ1) is 8.58. The average Bonchev–Trinajstić information content (AvgIpc) is 2.32. The maximum Gasteiger partial charge on any atom is 0.339 e. The summed E-state index contributed by atoms with van der Waals surface area (Å²) < 4.78 is 13.4. The van der Waals surface area contributed by atoms with Crippen molar-refractivity contribution >= 4 is 17.7 Å². The van der Waals surface area contributed by atoms with Gasteiger partial charge in [-0.25, -0.2) is 19.2 Å². The summed E-state index contributed by atoms with van der Waals surface area (Å²) in [4.78, 5) is 19.4. The van der Waals surface area contributed by atoms with Crippen molar-refractivity contribution < 1.29 is 14.3 Å². The standard InChI is InChI=1S/C12H9FN2O2S/c1-7-5-14-12(15-6-7)18-9-4-2-3-8(13)10(9)11(16)17/h2-6H,1H3,(H,16,17). The Morgan fingerprint density at radius 3 is 2.61 bits per heavy atom. The van der Waals surface area contributed by atoms with Crippen molar-refractivity contribution in [3.8, 4) is 0 Å². The van der Waals surface area contributed by atoms with Crippen molar-refractivity contribution in [2.24, 2.45) is 0 Å². The molecule has 1 aromatic heterocycles. The Bertz CT molecular complexity index is 587. The number of halogens is 1. The van der Waals surface area contributed by atoms with E-state index in [9.17, 15) is 9.18 Å². The third-order valence-corrected chi connectivity index (χ3v) is 3.10. The van der Waals surface area contributed by atoms with Crippen molar-refractivity contribution in [1.82, 2.24) is 9.97 Å². The predicted octanol–water partition coefficient (Wildman–Crippen LogP) is 2.77. The Balaban J connectivity index is 2.37. The molecule has 0 aliphatic rings. The van der Waals surface area contributed by atoms with Gasteiger partial charge in [0, 0.05) is 17.3 Å². The van der Waals surface area contributed by atoms with Gasteiger partial charge in [0.05, 0.1) is 0 Å². The van der Waals surface area contributed by atoms with Crippen LogP contribution in [0.1, 0.15) is 15.9 Å². The van der Waals surface area contributed by atoms with E-state index in [4.69, 9.17) is 5.11 Å². The number of hydrogen-bond donors (Lipinski definition) is 1. The lowest BCUT2D eigenvalue weighted by Crippen LogP contribution is -2.03. The smallest absolute Gasteiger partial charge is 0.339 e. The summed E-state index contributed by atoms with van der Waals surface area (Å²) in [5, 5.41) is 9.36. The van der Waals surface area contributed by atoms with Gasteiger partial charge in [-0.05, 0) is 36.4 Å². The molecule has 1 N–H and O–H groups in total. The van der Waals surface area contributed by atoms with E-state index in [2.05, 4.69) is 9.97 Å². The van der Waals surface area contributed by atoms with Crippen molar-refractivity contribution in [3.63, 3.8) is 0 Å². The maximum absolute atomic E-state index is 13.4. The average molecular weight is 264 g/mol. The van der Waals surface area contributed by atoms with Crippen LogP contribution in [0.5, 0.6) is 0 Å². The first kappa shape index (κ1) is 12.5. The van der Waals surface area contributed by atoms with Crippen molar-refractivity contribution in [2.75, 3.05) is 0 Å². The fourth-order valence-electron chi connectivity index (χ4n) is 1.33. The quantitative estimate of drug-likeness (QED) is 0.864. The number of carboxylic acid groups (broad SMARTS) is 1. The van der Waals surface area contributed by atoms with Gasteiger partial charge in [-0.15, -0.1) is 0 Å². The number of carboxylic acids is 1. The molecule has 0 fully saturated rings. The number of rotatable bonds is 3. The summed E-state index contributed by atoms with van der Waals surface area (Å²) in [5.74, 6) is -2.07. The molecule has 2 rings (SSSR count). The number of aromatic nitrogens is 2. The lowest BCUT2D eigenvalue weighted by Gasteiger charge is -2.05. The molecule has 0 amide bonds. The summed E-state index contributed by atoms with van der Waals surface area (Å²) in [5.41, 5.74) is 0.545. The van der Waals surface area contributed by atoms with E-state index in [1.807, 2.05) is 6.92 Å². The van der Waals surface area contributed by atoms with E-state index < -0.39 is 11.8 Å². The van der Waals surface area contributed by atoms with Crippen LogP contribution >= 0.6 is 11.8 Å². The Kier molecular flexibility index (Phi) is 3.57. The SMILES string of the molecule is Cc1cnc(Sc2cccc(F)c2C(=O)O)nc1. The molecule has 0 bridgehead atoms. The van der Waals surface area contributed by atoms with Crippen LogP contribution < -0.4 is 0 Å². The largest absolute Gasteiger partial charge is 0.478 e.